The monoisotopic (exact) mass is 254 g/mol. The molecule has 0 radical (unpaired) electrons. The molecule has 2 atom stereocenters. The van der Waals surface area contributed by atoms with Gasteiger partial charge in [-0.05, 0) is 23.8 Å². The van der Waals surface area contributed by atoms with Gasteiger partial charge in [-0.1, -0.05) is 0 Å². The number of rotatable bonds is 4. The van der Waals surface area contributed by atoms with Crippen molar-refractivity contribution in [2.24, 2.45) is 18.7 Å². The summed E-state index contributed by atoms with van der Waals surface area (Å²) in [7, 11) is 1.81. The van der Waals surface area contributed by atoms with Gasteiger partial charge in [-0.15, -0.1) is 0 Å². The molecule has 2 rings (SSSR count). The number of aryl methyl sites for hydroxylation is 1. The van der Waals surface area contributed by atoms with Gasteiger partial charge in [0.15, 0.2) is 0 Å². The Bertz CT molecular complexity index is 387. The second kappa shape index (κ2) is 5.55. The molecule has 0 saturated carbocycles. The third-order valence-corrected chi connectivity index (χ3v) is 4.19. The van der Waals surface area contributed by atoms with Crippen LogP contribution in [0.5, 0.6) is 0 Å². The van der Waals surface area contributed by atoms with Crippen LogP contribution in [0.25, 0.3) is 0 Å². The summed E-state index contributed by atoms with van der Waals surface area (Å²) in [6.07, 6.45) is 4.60. The van der Waals surface area contributed by atoms with Crippen LogP contribution in [-0.2, 0) is 11.8 Å². The Morgan fingerprint density at radius 3 is 3.24 bits per heavy atom. The van der Waals surface area contributed by atoms with Gasteiger partial charge in [0.25, 0.3) is 0 Å². The van der Waals surface area contributed by atoms with Crippen molar-refractivity contribution in [3.63, 3.8) is 0 Å². The topological polar surface area (TPSA) is 72.9 Å². The van der Waals surface area contributed by atoms with Gasteiger partial charge in [0.2, 0.25) is 5.91 Å². The van der Waals surface area contributed by atoms with E-state index in [0.717, 1.165) is 17.9 Å². The van der Waals surface area contributed by atoms with Crippen LogP contribution in [0, 0.1) is 5.92 Å². The molecule has 0 spiro atoms. The van der Waals surface area contributed by atoms with E-state index in [1.165, 1.54) is 12.2 Å². The van der Waals surface area contributed by atoms with E-state index in [-0.39, 0.29) is 5.91 Å². The third kappa shape index (κ3) is 3.23. The number of amides is 1. The van der Waals surface area contributed by atoms with Crippen LogP contribution < -0.4 is 11.1 Å². The zero-order valence-corrected chi connectivity index (χ0v) is 10.7. The molecule has 3 N–H and O–H groups in total. The van der Waals surface area contributed by atoms with Gasteiger partial charge in [-0.3, -0.25) is 9.48 Å². The van der Waals surface area contributed by atoms with Crippen LogP contribution >= 0.6 is 11.8 Å². The van der Waals surface area contributed by atoms with Crippen molar-refractivity contribution in [1.82, 2.24) is 15.1 Å². The first-order valence-corrected chi connectivity index (χ1v) is 6.92. The predicted octanol–water partition coefficient (Wildman–Crippen LogP) is 0.289. The molecule has 1 amide bonds. The normalized spacial score (nSPS) is 21.4. The van der Waals surface area contributed by atoms with E-state index in [9.17, 15) is 4.79 Å². The minimum atomic E-state index is -0.613. The SMILES string of the molecule is Cn1cc(C(N)C(=O)NCC2CCSC2)cn1. The van der Waals surface area contributed by atoms with Gasteiger partial charge in [0.05, 0.1) is 6.20 Å². The fourth-order valence-corrected chi connectivity index (χ4v) is 3.14. The third-order valence-electron chi connectivity index (χ3n) is 2.96. The second-order valence-corrected chi connectivity index (χ2v) is 5.55. The highest BCUT2D eigenvalue weighted by atomic mass is 32.2. The molecule has 0 bridgehead atoms. The second-order valence-electron chi connectivity index (χ2n) is 4.40. The number of nitrogens with two attached hydrogens (primary N) is 1. The van der Waals surface area contributed by atoms with E-state index >= 15 is 0 Å². The van der Waals surface area contributed by atoms with Crippen LogP contribution in [0.3, 0.4) is 0 Å². The predicted molar refractivity (Wildman–Crippen MR) is 68.6 cm³/mol. The summed E-state index contributed by atoms with van der Waals surface area (Å²) in [4.78, 5) is 11.8. The number of carbonyl (C=O) groups is 1. The first-order chi connectivity index (χ1) is 8.16. The van der Waals surface area contributed by atoms with Crippen molar-refractivity contribution in [3.05, 3.63) is 18.0 Å². The Labute approximate surface area is 105 Å². The maximum Gasteiger partial charge on any atom is 0.241 e. The molecule has 2 heterocycles. The molecule has 1 saturated heterocycles. The summed E-state index contributed by atoms with van der Waals surface area (Å²) in [5.41, 5.74) is 6.62. The minimum absolute atomic E-state index is 0.116. The van der Waals surface area contributed by atoms with Crippen molar-refractivity contribution in [1.29, 1.82) is 0 Å². The first kappa shape index (κ1) is 12.4. The molecule has 1 aromatic rings. The average Bonchev–Trinajstić information content (AvgIpc) is 2.95. The summed E-state index contributed by atoms with van der Waals surface area (Å²) >= 11 is 1.95. The lowest BCUT2D eigenvalue weighted by Crippen LogP contribution is -2.36. The summed E-state index contributed by atoms with van der Waals surface area (Å²) < 4.78 is 1.65. The molecule has 2 unspecified atom stereocenters. The summed E-state index contributed by atoms with van der Waals surface area (Å²) in [5.74, 6) is 2.83. The molecule has 6 heteroatoms. The lowest BCUT2D eigenvalue weighted by atomic mass is 10.1. The van der Waals surface area contributed by atoms with Crippen LogP contribution in [0.4, 0.5) is 0 Å². The van der Waals surface area contributed by atoms with Crippen LogP contribution in [0.1, 0.15) is 18.0 Å². The Morgan fingerprint density at radius 1 is 1.82 bits per heavy atom. The fraction of sp³-hybridized carbons (Fsp3) is 0.636. The molecular weight excluding hydrogens is 236 g/mol. The standard InChI is InChI=1S/C11H18N4OS/c1-15-6-9(5-14-15)10(12)11(16)13-4-8-2-3-17-7-8/h5-6,8,10H,2-4,7,12H2,1H3,(H,13,16). The van der Waals surface area contributed by atoms with Gasteiger partial charge in [0, 0.05) is 25.4 Å². The van der Waals surface area contributed by atoms with Gasteiger partial charge in [-0.25, -0.2) is 0 Å². The van der Waals surface area contributed by atoms with E-state index in [1.54, 1.807) is 17.1 Å². The molecule has 1 fully saturated rings. The fourth-order valence-electron chi connectivity index (χ4n) is 1.85. The quantitative estimate of drug-likeness (QED) is 0.810. The number of aromatic nitrogens is 2. The number of hydrogen-bond donors (Lipinski definition) is 2. The highest BCUT2D eigenvalue weighted by Gasteiger charge is 2.20. The molecule has 0 aromatic carbocycles. The average molecular weight is 254 g/mol. The lowest BCUT2D eigenvalue weighted by molar-refractivity contribution is -0.122. The summed E-state index contributed by atoms with van der Waals surface area (Å²) in [6, 6.07) is -0.613. The molecule has 0 aliphatic carbocycles. The zero-order valence-electron chi connectivity index (χ0n) is 9.93. The Kier molecular flexibility index (Phi) is 4.06. The highest BCUT2D eigenvalue weighted by molar-refractivity contribution is 7.99. The van der Waals surface area contributed by atoms with E-state index in [0.29, 0.717) is 5.92 Å². The molecule has 5 nitrogen and oxygen atoms in total. The number of thioether (sulfide) groups is 1. The Hall–Kier alpha value is -1.01. The largest absolute Gasteiger partial charge is 0.354 e. The van der Waals surface area contributed by atoms with E-state index in [4.69, 9.17) is 5.73 Å². The van der Waals surface area contributed by atoms with Gasteiger partial charge >= 0.3 is 0 Å². The molecule has 1 aromatic heterocycles. The number of hydrogen-bond acceptors (Lipinski definition) is 4. The van der Waals surface area contributed by atoms with Crippen molar-refractivity contribution in [2.45, 2.75) is 12.5 Å². The molecule has 1 aliphatic heterocycles. The van der Waals surface area contributed by atoms with Crippen molar-refractivity contribution in [3.8, 4) is 0 Å². The van der Waals surface area contributed by atoms with Gasteiger partial charge < -0.3 is 11.1 Å². The molecule has 17 heavy (non-hydrogen) atoms. The van der Waals surface area contributed by atoms with Crippen LogP contribution in [-0.4, -0.2) is 33.7 Å². The number of nitrogens with zero attached hydrogens (tertiary/aromatic N) is 2. The van der Waals surface area contributed by atoms with Crippen molar-refractivity contribution in [2.75, 3.05) is 18.1 Å². The number of nitrogens with one attached hydrogen (secondary N) is 1. The van der Waals surface area contributed by atoms with Gasteiger partial charge in [0.1, 0.15) is 6.04 Å². The Balaban J connectivity index is 1.82. The highest BCUT2D eigenvalue weighted by Crippen LogP contribution is 2.22. The van der Waals surface area contributed by atoms with Crippen molar-refractivity contribution >= 4 is 17.7 Å². The first-order valence-electron chi connectivity index (χ1n) is 5.76. The lowest BCUT2D eigenvalue weighted by Gasteiger charge is -2.13. The summed E-state index contributed by atoms with van der Waals surface area (Å²) in [5, 5.41) is 6.93. The minimum Gasteiger partial charge on any atom is -0.354 e. The zero-order chi connectivity index (χ0) is 12.3. The molecular formula is C11H18N4OS. The van der Waals surface area contributed by atoms with Crippen molar-refractivity contribution < 1.29 is 4.79 Å². The van der Waals surface area contributed by atoms with Crippen LogP contribution in [0.15, 0.2) is 12.4 Å². The summed E-state index contributed by atoms with van der Waals surface area (Å²) in [6.45, 7) is 0.736. The maximum absolute atomic E-state index is 11.8. The van der Waals surface area contributed by atoms with Crippen LogP contribution in [0.2, 0.25) is 0 Å². The Morgan fingerprint density at radius 2 is 2.65 bits per heavy atom. The maximum atomic E-state index is 11.8. The van der Waals surface area contributed by atoms with E-state index < -0.39 is 6.04 Å². The van der Waals surface area contributed by atoms with E-state index in [2.05, 4.69) is 10.4 Å². The molecule has 1 aliphatic rings. The smallest absolute Gasteiger partial charge is 0.241 e. The van der Waals surface area contributed by atoms with E-state index in [1.807, 2.05) is 18.8 Å². The van der Waals surface area contributed by atoms with Gasteiger partial charge in [-0.2, -0.15) is 16.9 Å². The molecule has 94 valence electrons. The number of carbonyl (C=O) groups excluding carboxylic acids is 1.